The fraction of sp³-hybridized carbons (Fsp3) is 0.417. The number of hydrogen-bond donors (Lipinski definition) is 1. The molecule has 0 saturated carbocycles. The summed E-state index contributed by atoms with van der Waals surface area (Å²) in [7, 11) is 2.91. The number of anilines is 1. The van der Waals surface area contributed by atoms with Gasteiger partial charge in [-0.15, -0.1) is 0 Å². The molecule has 18 heavy (non-hydrogen) atoms. The van der Waals surface area contributed by atoms with Gasteiger partial charge in [0.05, 0.1) is 18.7 Å². The summed E-state index contributed by atoms with van der Waals surface area (Å²) in [5, 5.41) is 0. The summed E-state index contributed by atoms with van der Waals surface area (Å²) < 4.78 is 4.60. The molecule has 6 heteroatoms. The Morgan fingerprint density at radius 3 is 2.78 bits per heavy atom. The Balaban J connectivity index is 2.74. The van der Waals surface area contributed by atoms with E-state index in [-0.39, 0.29) is 24.1 Å². The van der Waals surface area contributed by atoms with E-state index in [1.807, 2.05) is 0 Å². The van der Waals surface area contributed by atoms with Crippen LogP contribution in [0.2, 0.25) is 0 Å². The van der Waals surface area contributed by atoms with E-state index in [4.69, 9.17) is 5.73 Å². The van der Waals surface area contributed by atoms with Gasteiger partial charge in [0.2, 0.25) is 0 Å². The van der Waals surface area contributed by atoms with Gasteiger partial charge in [0.15, 0.2) is 5.69 Å². The minimum Gasteiger partial charge on any atom is -0.469 e. The molecule has 0 radical (unpaired) electrons. The van der Waals surface area contributed by atoms with Crippen LogP contribution < -0.4 is 5.73 Å². The third-order valence-electron chi connectivity index (χ3n) is 2.54. The molecule has 6 nitrogen and oxygen atoms in total. The predicted molar refractivity (Wildman–Crippen MR) is 66.8 cm³/mol. The molecule has 1 rings (SSSR count). The molecule has 0 aliphatic carbocycles. The van der Waals surface area contributed by atoms with Gasteiger partial charge in [-0.05, 0) is 12.1 Å². The van der Waals surface area contributed by atoms with Crippen LogP contribution in [0.4, 0.5) is 5.69 Å². The molecule has 0 fully saturated rings. The lowest BCUT2D eigenvalue weighted by atomic mass is 10.1. The molecule has 2 N–H and O–H groups in total. The van der Waals surface area contributed by atoms with Gasteiger partial charge in [0.25, 0.3) is 5.91 Å². The Morgan fingerprint density at radius 2 is 2.22 bits per heavy atom. The van der Waals surface area contributed by atoms with Crippen molar-refractivity contribution in [2.45, 2.75) is 6.92 Å². The number of pyridine rings is 1. The third kappa shape index (κ3) is 3.19. The molecule has 0 bridgehead atoms. The summed E-state index contributed by atoms with van der Waals surface area (Å²) in [6.07, 6.45) is 1.50. The Labute approximate surface area is 106 Å². The van der Waals surface area contributed by atoms with E-state index in [9.17, 15) is 9.59 Å². The summed E-state index contributed by atoms with van der Waals surface area (Å²) in [6, 6.07) is 3.26. The topological polar surface area (TPSA) is 85.5 Å². The van der Waals surface area contributed by atoms with Gasteiger partial charge >= 0.3 is 5.97 Å². The van der Waals surface area contributed by atoms with Crippen LogP contribution in [-0.2, 0) is 9.53 Å². The number of nitrogens with zero attached hydrogens (tertiary/aromatic N) is 2. The lowest BCUT2D eigenvalue weighted by Crippen LogP contribution is -2.35. The molecule has 98 valence electrons. The highest BCUT2D eigenvalue weighted by atomic mass is 16.5. The smallest absolute Gasteiger partial charge is 0.310 e. The van der Waals surface area contributed by atoms with Crippen molar-refractivity contribution in [2.24, 2.45) is 5.92 Å². The van der Waals surface area contributed by atoms with Crippen LogP contribution in [0.25, 0.3) is 0 Å². The van der Waals surface area contributed by atoms with Crippen molar-refractivity contribution in [3.05, 3.63) is 24.0 Å². The van der Waals surface area contributed by atoms with Crippen LogP contribution in [-0.4, -0.2) is 42.5 Å². The summed E-state index contributed by atoms with van der Waals surface area (Å²) in [4.78, 5) is 28.7. The summed E-state index contributed by atoms with van der Waals surface area (Å²) in [6.45, 7) is 1.94. The van der Waals surface area contributed by atoms with Crippen molar-refractivity contribution in [2.75, 3.05) is 26.4 Å². The average Bonchev–Trinajstić information content (AvgIpc) is 2.37. The minimum absolute atomic E-state index is 0.192. The van der Waals surface area contributed by atoms with Crippen molar-refractivity contribution >= 4 is 17.6 Å². The third-order valence-corrected chi connectivity index (χ3v) is 2.54. The molecule has 1 heterocycles. The number of rotatable bonds is 4. The van der Waals surface area contributed by atoms with Crippen molar-refractivity contribution in [1.29, 1.82) is 0 Å². The van der Waals surface area contributed by atoms with Crippen LogP contribution >= 0.6 is 0 Å². The van der Waals surface area contributed by atoms with Gasteiger partial charge < -0.3 is 15.4 Å². The van der Waals surface area contributed by atoms with Gasteiger partial charge in [-0.2, -0.15) is 0 Å². The van der Waals surface area contributed by atoms with Gasteiger partial charge in [0.1, 0.15) is 0 Å². The van der Waals surface area contributed by atoms with Crippen molar-refractivity contribution in [3.63, 3.8) is 0 Å². The maximum Gasteiger partial charge on any atom is 0.310 e. The monoisotopic (exact) mass is 251 g/mol. The van der Waals surface area contributed by atoms with E-state index in [1.54, 1.807) is 26.1 Å². The number of aromatic nitrogens is 1. The Hall–Kier alpha value is -2.11. The fourth-order valence-corrected chi connectivity index (χ4v) is 1.55. The molecular formula is C12H17N3O3. The fourth-order valence-electron chi connectivity index (χ4n) is 1.55. The number of ether oxygens (including phenoxy) is 1. The Kier molecular flexibility index (Phi) is 4.65. The quantitative estimate of drug-likeness (QED) is 0.789. The zero-order valence-electron chi connectivity index (χ0n) is 10.7. The van der Waals surface area contributed by atoms with Gasteiger partial charge in [-0.3, -0.25) is 9.59 Å². The van der Waals surface area contributed by atoms with E-state index in [0.29, 0.717) is 5.69 Å². The highest BCUT2D eigenvalue weighted by Crippen LogP contribution is 2.11. The number of amides is 1. The second-order valence-electron chi connectivity index (χ2n) is 4.05. The Bertz CT molecular complexity index is 448. The average molecular weight is 251 g/mol. The number of hydrogen-bond acceptors (Lipinski definition) is 5. The van der Waals surface area contributed by atoms with E-state index < -0.39 is 5.92 Å². The molecule has 0 aliphatic rings. The highest BCUT2D eigenvalue weighted by molar-refractivity contribution is 5.97. The molecule has 0 aliphatic heterocycles. The first-order valence-corrected chi connectivity index (χ1v) is 5.51. The minimum atomic E-state index is -0.395. The number of esters is 1. The maximum absolute atomic E-state index is 12.0. The molecule has 1 atom stereocenters. The van der Waals surface area contributed by atoms with Crippen molar-refractivity contribution < 1.29 is 14.3 Å². The van der Waals surface area contributed by atoms with Crippen LogP contribution in [0.15, 0.2) is 18.3 Å². The van der Waals surface area contributed by atoms with Gasteiger partial charge in [-0.25, -0.2) is 4.98 Å². The highest BCUT2D eigenvalue weighted by Gasteiger charge is 2.21. The Morgan fingerprint density at radius 1 is 1.56 bits per heavy atom. The number of carbonyl (C=O) groups excluding carboxylic acids is 2. The summed E-state index contributed by atoms with van der Waals surface area (Å²) in [5.74, 6) is -1.07. The summed E-state index contributed by atoms with van der Waals surface area (Å²) in [5.41, 5.74) is 6.19. The van der Waals surface area contributed by atoms with Crippen LogP contribution in [0, 0.1) is 5.92 Å². The van der Waals surface area contributed by atoms with E-state index >= 15 is 0 Å². The second-order valence-corrected chi connectivity index (χ2v) is 4.05. The predicted octanol–water partition coefficient (Wildman–Crippen LogP) is 0.545. The number of nitrogens with two attached hydrogens (primary N) is 1. The first-order chi connectivity index (χ1) is 8.47. The van der Waals surface area contributed by atoms with Gasteiger partial charge in [-0.1, -0.05) is 6.92 Å². The molecule has 1 aromatic rings. The zero-order valence-corrected chi connectivity index (χ0v) is 10.7. The van der Waals surface area contributed by atoms with Crippen LogP contribution in [0.3, 0.4) is 0 Å². The van der Waals surface area contributed by atoms with E-state index in [1.165, 1.54) is 18.2 Å². The molecular weight excluding hydrogens is 234 g/mol. The maximum atomic E-state index is 12.0. The molecule has 1 aromatic heterocycles. The normalized spacial score (nSPS) is 11.7. The molecule has 0 spiro atoms. The zero-order chi connectivity index (χ0) is 13.7. The first kappa shape index (κ1) is 14.0. The second kappa shape index (κ2) is 6.00. The molecule has 0 saturated heterocycles. The lowest BCUT2D eigenvalue weighted by Gasteiger charge is -2.20. The molecule has 1 amide bonds. The largest absolute Gasteiger partial charge is 0.469 e. The van der Waals surface area contributed by atoms with E-state index in [0.717, 1.165) is 0 Å². The van der Waals surface area contributed by atoms with E-state index in [2.05, 4.69) is 9.72 Å². The molecule has 1 unspecified atom stereocenters. The summed E-state index contributed by atoms with van der Waals surface area (Å²) >= 11 is 0. The van der Waals surface area contributed by atoms with Crippen molar-refractivity contribution in [3.8, 4) is 0 Å². The molecule has 0 aromatic carbocycles. The van der Waals surface area contributed by atoms with Crippen molar-refractivity contribution in [1.82, 2.24) is 9.88 Å². The van der Waals surface area contributed by atoms with Crippen LogP contribution in [0.5, 0.6) is 0 Å². The SMILES string of the molecule is COC(=O)C(C)CN(C)C(=O)c1ncccc1N. The van der Waals surface area contributed by atoms with Gasteiger partial charge in [0, 0.05) is 19.8 Å². The number of nitrogen functional groups attached to an aromatic ring is 1. The lowest BCUT2D eigenvalue weighted by molar-refractivity contribution is -0.145. The number of methoxy groups -OCH3 is 1. The van der Waals surface area contributed by atoms with Crippen LogP contribution in [0.1, 0.15) is 17.4 Å². The first-order valence-electron chi connectivity index (χ1n) is 5.51. The number of carbonyl (C=O) groups is 2. The standard InChI is InChI=1S/C12H17N3O3/c1-8(12(17)18-3)7-15(2)11(16)10-9(13)5-4-6-14-10/h4-6,8H,7,13H2,1-3H3.